The molecule has 0 aliphatic heterocycles. The molecule has 52 heavy (non-hydrogen) atoms. The van der Waals surface area contributed by atoms with Crippen LogP contribution in [-0.4, -0.2) is 65.1 Å². The van der Waals surface area contributed by atoms with E-state index < -0.39 is 34.3 Å². The van der Waals surface area contributed by atoms with E-state index >= 15 is 0 Å². The van der Waals surface area contributed by atoms with Crippen molar-refractivity contribution in [3.8, 4) is 17.2 Å². The Bertz CT molecular complexity index is 1940. The Labute approximate surface area is 309 Å². The van der Waals surface area contributed by atoms with E-state index in [-0.39, 0.29) is 52.0 Å². The highest BCUT2D eigenvalue weighted by atomic mass is 35.5. The number of hydrogen-bond donors (Lipinski definition) is 1. The molecule has 1 aliphatic carbocycles. The van der Waals surface area contributed by atoms with E-state index in [2.05, 4.69) is 5.32 Å². The number of sulfonamides is 1. The van der Waals surface area contributed by atoms with Gasteiger partial charge in [0.05, 0.1) is 31.9 Å². The molecule has 2 amide bonds. The zero-order valence-electron chi connectivity index (χ0n) is 29.4. The van der Waals surface area contributed by atoms with E-state index in [0.717, 1.165) is 42.0 Å². The fourth-order valence-corrected chi connectivity index (χ4v) is 7.96. The van der Waals surface area contributed by atoms with Gasteiger partial charge in [-0.1, -0.05) is 73.3 Å². The minimum absolute atomic E-state index is 0.00568. The molecule has 4 aromatic rings. The summed E-state index contributed by atoms with van der Waals surface area (Å²) in [6.45, 7) is -0.845. The minimum Gasteiger partial charge on any atom is -0.495 e. The Kier molecular flexibility index (Phi) is 13.0. The summed E-state index contributed by atoms with van der Waals surface area (Å²) in [7, 11) is -0.344. The van der Waals surface area contributed by atoms with Crippen molar-refractivity contribution in [2.45, 2.75) is 62.0 Å². The van der Waals surface area contributed by atoms with E-state index in [1.165, 1.54) is 80.8 Å². The van der Waals surface area contributed by atoms with Gasteiger partial charge in [-0.2, -0.15) is 0 Å². The van der Waals surface area contributed by atoms with Gasteiger partial charge in [-0.15, -0.1) is 0 Å². The topological polar surface area (TPSA) is 114 Å². The molecular formula is C39H43ClFN3O7S. The molecule has 5 rings (SSSR count). The van der Waals surface area contributed by atoms with Crippen molar-refractivity contribution < 1.29 is 36.6 Å². The van der Waals surface area contributed by atoms with E-state index in [1.54, 1.807) is 6.07 Å². The second-order valence-electron chi connectivity index (χ2n) is 12.5. The van der Waals surface area contributed by atoms with Crippen molar-refractivity contribution >= 4 is 39.1 Å². The predicted molar refractivity (Wildman–Crippen MR) is 198 cm³/mol. The van der Waals surface area contributed by atoms with Crippen molar-refractivity contribution in [3.63, 3.8) is 0 Å². The maximum absolute atomic E-state index is 14.9. The molecule has 0 spiro atoms. The van der Waals surface area contributed by atoms with Gasteiger partial charge in [0.15, 0.2) is 11.5 Å². The van der Waals surface area contributed by atoms with Crippen molar-refractivity contribution in [2.75, 3.05) is 32.2 Å². The highest BCUT2D eigenvalue weighted by Gasteiger charge is 2.36. The third-order valence-corrected chi connectivity index (χ3v) is 11.1. The summed E-state index contributed by atoms with van der Waals surface area (Å²) in [5, 5.41) is 3.37. The van der Waals surface area contributed by atoms with E-state index in [9.17, 15) is 22.4 Å². The average Bonchev–Trinajstić information content (AvgIpc) is 3.16. The van der Waals surface area contributed by atoms with Gasteiger partial charge >= 0.3 is 0 Å². The summed E-state index contributed by atoms with van der Waals surface area (Å²) in [5.41, 5.74) is 1.36. The van der Waals surface area contributed by atoms with Crippen molar-refractivity contribution in [3.05, 3.63) is 113 Å². The number of benzene rings is 4. The molecule has 0 saturated heterocycles. The van der Waals surface area contributed by atoms with Crippen molar-refractivity contribution in [1.82, 2.24) is 10.2 Å². The highest BCUT2D eigenvalue weighted by molar-refractivity contribution is 7.92. The van der Waals surface area contributed by atoms with Gasteiger partial charge in [-0.3, -0.25) is 13.9 Å². The highest BCUT2D eigenvalue weighted by Crippen LogP contribution is 2.37. The molecule has 276 valence electrons. The first-order valence-electron chi connectivity index (χ1n) is 17.0. The number of carbonyl (C=O) groups excluding carboxylic acids is 2. The second kappa shape index (κ2) is 17.6. The Morgan fingerprint density at radius 2 is 1.48 bits per heavy atom. The lowest BCUT2D eigenvalue weighted by atomic mass is 9.94. The number of hydrogen-bond acceptors (Lipinski definition) is 7. The Hall–Kier alpha value is -4.81. The van der Waals surface area contributed by atoms with Gasteiger partial charge in [0.25, 0.3) is 10.0 Å². The maximum atomic E-state index is 14.9. The zero-order chi connectivity index (χ0) is 37.3. The lowest BCUT2D eigenvalue weighted by molar-refractivity contribution is -0.140. The molecule has 4 aromatic carbocycles. The lowest BCUT2D eigenvalue weighted by Gasteiger charge is -2.35. The zero-order valence-corrected chi connectivity index (χ0v) is 31.0. The first-order valence-corrected chi connectivity index (χ1v) is 18.8. The monoisotopic (exact) mass is 751 g/mol. The fraction of sp³-hybridized carbons (Fsp3) is 0.333. The number of methoxy groups -OCH3 is 3. The number of anilines is 1. The van der Waals surface area contributed by atoms with Crippen LogP contribution in [0.2, 0.25) is 5.02 Å². The summed E-state index contributed by atoms with van der Waals surface area (Å²) in [6, 6.07) is 22.3. The summed E-state index contributed by atoms with van der Waals surface area (Å²) < 4.78 is 60.5. The summed E-state index contributed by atoms with van der Waals surface area (Å²) >= 11 is 6.40. The van der Waals surface area contributed by atoms with Gasteiger partial charge in [0.1, 0.15) is 24.2 Å². The summed E-state index contributed by atoms with van der Waals surface area (Å²) in [6.07, 6.45) is 4.85. The molecule has 0 bridgehead atoms. The first kappa shape index (κ1) is 38.4. The number of nitrogens with one attached hydrogen (secondary N) is 1. The van der Waals surface area contributed by atoms with Crippen molar-refractivity contribution in [2.24, 2.45) is 0 Å². The molecule has 1 aliphatic rings. The molecular weight excluding hydrogens is 709 g/mol. The van der Waals surface area contributed by atoms with Crippen LogP contribution in [0.15, 0.2) is 95.9 Å². The van der Waals surface area contributed by atoms with E-state index in [0.29, 0.717) is 11.3 Å². The van der Waals surface area contributed by atoms with Gasteiger partial charge in [0, 0.05) is 30.1 Å². The van der Waals surface area contributed by atoms with Crippen LogP contribution in [-0.2, 0) is 32.6 Å². The van der Waals surface area contributed by atoms with Crippen molar-refractivity contribution in [1.29, 1.82) is 0 Å². The van der Waals surface area contributed by atoms with E-state index in [1.807, 2.05) is 30.3 Å². The van der Waals surface area contributed by atoms with E-state index in [4.69, 9.17) is 25.8 Å². The van der Waals surface area contributed by atoms with Crippen LogP contribution in [0.5, 0.6) is 17.2 Å². The van der Waals surface area contributed by atoms with Crippen LogP contribution in [0.25, 0.3) is 0 Å². The molecule has 0 radical (unpaired) electrons. The first-order chi connectivity index (χ1) is 25.0. The normalized spacial score (nSPS) is 13.9. The quantitative estimate of drug-likeness (QED) is 0.142. The third kappa shape index (κ3) is 9.34. The average molecular weight is 752 g/mol. The third-order valence-electron chi connectivity index (χ3n) is 9.12. The molecule has 10 nitrogen and oxygen atoms in total. The number of ether oxygens (including phenoxy) is 3. The molecule has 0 aromatic heterocycles. The Morgan fingerprint density at radius 1 is 0.827 bits per heavy atom. The van der Waals surface area contributed by atoms with Gasteiger partial charge < -0.3 is 24.4 Å². The van der Waals surface area contributed by atoms with Crippen LogP contribution in [0.3, 0.4) is 0 Å². The molecule has 0 unspecified atom stereocenters. The number of rotatable bonds is 15. The number of nitrogens with zero attached hydrogens (tertiary/aromatic N) is 2. The maximum Gasteiger partial charge on any atom is 0.265 e. The Morgan fingerprint density at radius 3 is 2.13 bits per heavy atom. The largest absolute Gasteiger partial charge is 0.495 e. The van der Waals surface area contributed by atoms with Crippen LogP contribution < -0.4 is 23.8 Å². The molecule has 1 saturated carbocycles. The fourth-order valence-electron chi connectivity index (χ4n) is 6.36. The Balaban J connectivity index is 1.62. The second-order valence-corrected chi connectivity index (χ2v) is 14.8. The molecule has 13 heteroatoms. The predicted octanol–water partition coefficient (Wildman–Crippen LogP) is 6.79. The van der Waals surface area contributed by atoms with Gasteiger partial charge in [-0.25, -0.2) is 12.8 Å². The standard InChI is InChI=1S/C39H43ClFN3O7S/c1-49-35-20-16-29(40)23-33(35)44(52(47,48)32-19-21-36(50-2)37(24-32)51-3)26-38(45)43(25-28-14-17-30(41)18-15-28)34(22-27-10-6-4-7-11-27)39(46)42-31-12-8-5-9-13-31/h4,6-7,10-11,14-21,23-24,31,34H,5,8-9,12-13,22,25-26H2,1-3H3,(H,42,46)/t34-/m1/s1. The molecule has 1 atom stereocenters. The number of amides is 2. The smallest absolute Gasteiger partial charge is 0.265 e. The molecule has 0 heterocycles. The SMILES string of the molecule is COc1ccc(S(=O)(=O)N(CC(=O)N(Cc2ccc(F)cc2)[C@H](Cc2ccccc2)C(=O)NC2CCCCC2)c2cc(Cl)ccc2OC)cc1OC. The molecule has 1 fully saturated rings. The van der Waals surface area contributed by atoms with Gasteiger partial charge in [0.2, 0.25) is 11.8 Å². The van der Waals surface area contributed by atoms with Crippen LogP contribution >= 0.6 is 11.6 Å². The van der Waals surface area contributed by atoms with Gasteiger partial charge in [-0.05, 0) is 66.4 Å². The molecule has 1 N–H and O–H groups in total. The van der Waals surface area contributed by atoms with Crippen LogP contribution in [0.1, 0.15) is 43.2 Å². The number of halogens is 2. The summed E-state index contributed by atoms with van der Waals surface area (Å²) in [4.78, 5) is 30.3. The lowest BCUT2D eigenvalue weighted by Crippen LogP contribution is -2.55. The number of carbonyl (C=O) groups is 2. The van der Waals surface area contributed by atoms with Crippen LogP contribution in [0, 0.1) is 5.82 Å². The summed E-state index contributed by atoms with van der Waals surface area (Å²) in [5.74, 6) is -0.897. The van der Waals surface area contributed by atoms with Crippen LogP contribution in [0.4, 0.5) is 10.1 Å². The minimum atomic E-state index is -4.53.